The van der Waals surface area contributed by atoms with Crippen LogP contribution in [-0.2, 0) is 4.74 Å². The van der Waals surface area contributed by atoms with E-state index in [1.807, 2.05) is 52.0 Å². The minimum absolute atomic E-state index is 0.309. The molecule has 1 N–H and O–H groups in total. The van der Waals surface area contributed by atoms with Gasteiger partial charge in [0.2, 0.25) is 0 Å². The van der Waals surface area contributed by atoms with E-state index in [1.165, 1.54) is 11.1 Å². The van der Waals surface area contributed by atoms with E-state index in [-0.39, 0.29) is 6.09 Å². The predicted octanol–water partition coefficient (Wildman–Crippen LogP) is 5.55. The summed E-state index contributed by atoms with van der Waals surface area (Å²) in [7, 11) is 0. The van der Waals surface area contributed by atoms with Gasteiger partial charge in [-0.2, -0.15) is 0 Å². The number of anilines is 2. The van der Waals surface area contributed by atoms with Crippen LogP contribution in [0.5, 0.6) is 0 Å². The van der Waals surface area contributed by atoms with E-state index < -0.39 is 5.60 Å². The average molecular weight is 354 g/mol. The molecule has 2 rings (SSSR count). The van der Waals surface area contributed by atoms with Gasteiger partial charge in [-0.1, -0.05) is 35.4 Å². The van der Waals surface area contributed by atoms with Crippen molar-refractivity contribution in [3.8, 4) is 0 Å². The maximum atomic E-state index is 12.6. The van der Waals surface area contributed by atoms with Crippen molar-refractivity contribution in [2.45, 2.75) is 46.6 Å². The first-order chi connectivity index (χ1) is 12.2. The van der Waals surface area contributed by atoms with Gasteiger partial charge in [0.05, 0.1) is 0 Å². The third-order valence-corrected chi connectivity index (χ3v) is 3.90. The highest BCUT2D eigenvalue weighted by molar-refractivity contribution is 5.87. The van der Waals surface area contributed by atoms with Crippen LogP contribution < -0.4 is 10.2 Å². The van der Waals surface area contributed by atoms with E-state index in [2.05, 4.69) is 36.5 Å². The summed E-state index contributed by atoms with van der Waals surface area (Å²) in [6, 6.07) is 16.3. The number of nitrogens with one attached hydrogen (secondary N) is 1. The van der Waals surface area contributed by atoms with Gasteiger partial charge in [0.1, 0.15) is 5.60 Å². The fourth-order valence-electron chi connectivity index (χ4n) is 2.51. The molecule has 2 aromatic rings. The highest BCUT2D eigenvalue weighted by Gasteiger charge is 2.23. The minimum Gasteiger partial charge on any atom is -0.443 e. The number of benzene rings is 2. The smallest absolute Gasteiger partial charge is 0.414 e. The summed E-state index contributed by atoms with van der Waals surface area (Å²) >= 11 is 0. The highest BCUT2D eigenvalue weighted by atomic mass is 16.6. The molecule has 2 aromatic carbocycles. The predicted molar refractivity (Wildman–Crippen MR) is 109 cm³/mol. The van der Waals surface area contributed by atoms with Gasteiger partial charge >= 0.3 is 6.09 Å². The SMILES string of the molecule is Cc1ccc(NCCCN(C(=O)OC(C)(C)C)c2ccc(C)cc2)cc1. The maximum absolute atomic E-state index is 12.6. The lowest BCUT2D eigenvalue weighted by molar-refractivity contribution is 0.0580. The van der Waals surface area contributed by atoms with Crippen LogP contribution in [0.1, 0.15) is 38.3 Å². The van der Waals surface area contributed by atoms with Gasteiger partial charge in [0, 0.05) is 24.5 Å². The molecule has 0 aliphatic rings. The molecule has 0 atom stereocenters. The van der Waals surface area contributed by atoms with E-state index in [0.29, 0.717) is 6.54 Å². The largest absolute Gasteiger partial charge is 0.443 e. The van der Waals surface area contributed by atoms with Crippen molar-refractivity contribution in [2.24, 2.45) is 0 Å². The lowest BCUT2D eigenvalue weighted by Gasteiger charge is -2.27. The fraction of sp³-hybridized carbons (Fsp3) is 0.409. The number of amides is 1. The molecule has 26 heavy (non-hydrogen) atoms. The number of rotatable bonds is 6. The Labute approximate surface area is 157 Å². The van der Waals surface area contributed by atoms with Gasteiger partial charge in [-0.3, -0.25) is 4.90 Å². The zero-order valence-corrected chi connectivity index (χ0v) is 16.5. The van der Waals surface area contributed by atoms with Crippen molar-refractivity contribution in [3.05, 3.63) is 59.7 Å². The maximum Gasteiger partial charge on any atom is 0.414 e. The summed E-state index contributed by atoms with van der Waals surface area (Å²) in [6.45, 7) is 11.1. The molecule has 0 unspecified atom stereocenters. The van der Waals surface area contributed by atoms with E-state index in [4.69, 9.17) is 4.74 Å². The van der Waals surface area contributed by atoms with Crippen LogP contribution in [0, 0.1) is 13.8 Å². The lowest BCUT2D eigenvalue weighted by atomic mass is 10.2. The molecule has 0 fully saturated rings. The van der Waals surface area contributed by atoms with Gasteiger partial charge in [-0.15, -0.1) is 0 Å². The Morgan fingerprint density at radius 1 is 0.962 bits per heavy atom. The zero-order chi connectivity index (χ0) is 19.2. The molecule has 4 heteroatoms. The van der Waals surface area contributed by atoms with Crippen LogP contribution in [0.4, 0.5) is 16.2 Å². The van der Waals surface area contributed by atoms with Gasteiger partial charge in [0.15, 0.2) is 0 Å². The quantitative estimate of drug-likeness (QED) is 0.692. The number of carbonyl (C=O) groups is 1. The van der Waals surface area contributed by atoms with E-state index in [9.17, 15) is 4.79 Å². The first-order valence-corrected chi connectivity index (χ1v) is 9.12. The second kappa shape index (κ2) is 8.75. The van der Waals surface area contributed by atoms with Crippen LogP contribution in [0.15, 0.2) is 48.5 Å². The Kier molecular flexibility index (Phi) is 6.67. The first kappa shape index (κ1) is 19.8. The van der Waals surface area contributed by atoms with Crippen molar-refractivity contribution >= 4 is 17.5 Å². The Morgan fingerprint density at radius 3 is 2.04 bits per heavy atom. The summed E-state index contributed by atoms with van der Waals surface area (Å²) in [5.41, 5.74) is 3.85. The third-order valence-electron chi connectivity index (χ3n) is 3.90. The second-order valence-corrected chi connectivity index (χ2v) is 7.61. The van der Waals surface area contributed by atoms with Crippen LogP contribution in [0.2, 0.25) is 0 Å². The average Bonchev–Trinajstić information content (AvgIpc) is 2.56. The van der Waals surface area contributed by atoms with E-state index in [0.717, 1.165) is 24.3 Å². The Hall–Kier alpha value is -2.49. The molecule has 4 nitrogen and oxygen atoms in total. The third kappa shape index (κ3) is 6.43. The van der Waals surface area contributed by atoms with Crippen LogP contribution in [0.3, 0.4) is 0 Å². The number of aryl methyl sites for hydroxylation is 2. The number of ether oxygens (including phenoxy) is 1. The summed E-state index contributed by atoms with van der Waals surface area (Å²) in [5.74, 6) is 0. The van der Waals surface area contributed by atoms with Crippen molar-refractivity contribution in [1.29, 1.82) is 0 Å². The van der Waals surface area contributed by atoms with Crippen LogP contribution in [0.25, 0.3) is 0 Å². The zero-order valence-electron chi connectivity index (χ0n) is 16.5. The van der Waals surface area contributed by atoms with Gasteiger partial charge in [-0.25, -0.2) is 4.79 Å². The van der Waals surface area contributed by atoms with Gasteiger partial charge < -0.3 is 10.1 Å². The molecule has 1 amide bonds. The van der Waals surface area contributed by atoms with Crippen molar-refractivity contribution in [2.75, 3.05) is 23.3 Å². The molecule has 0 heterocycles. The number of carbonyl (C=O) groups excluding carboxylic acids is 1. The second-order valence-electron chi connectivity index (χ2n) is 7.61. The molecule has 140 valence electrons. The van der Waals surface area contributed by atoms with Crippen LogP contribution in [-0.4, -0.2) is 24.8 Å². The Bertz CT molecular complexity index is 700. The summed E-state index contributed by atoms with van der Waals surface area (Å²) < 4.78 is 5.58. The first-order valence-electron chi connectivity index (χ1n) is 9.12. The van der Waals surface area contributed by atoms with Crippen molar-refractivity contribution in [1.82, 2.24) is 0 Å². The van der Waals surface area contributed by atoms with Crippen molar-refractivity contribution in [3.63, 3.8) is 0 Å². The summed E-state index contributed by atoms with van der Waals surface area (Å²) in [6.07, 6.45) is 0.512. The summed E-state index contributed by atoms with van der Waals surface area (Å²) in [4.78, 5) is 14.3. The standard InChI is InChI=1S/C22H30N2O2/c1-17-7-11-19(12-8-17)23-15-6-16-24(21(25)26-22(3,4)5)20-13-9-18(2)10-14-20/h7-14,23H,6,15-16H2,1-5H3. The highest BCUT2D eigenvalue weighted by Crippen LogP contribution is 2.19. The number of hydrogen-bond acceptors (Lipinski definition) is 3. The molecule has 0 saturated heterocycles. The molecule has 0 radical (unpaired) electrons. The molecule has 0 saturated carbocycles. The Balaban J connectivity index is 1.98. The van der Waals surface area contributed by atoms with E-state index >= 15 is 0 Å². The molecule has 0 spiro atoms. The molecule has 0 aliphatic heterocycles. The van der Waals surface area contributed by atoms with Crippen LogP contribution >= 0.6 is 0 Å². The Morgan fingerprint density at radius 2 is 1.50 bits per heavy atom. The number of nitrogens with zero attached hydrogens (tertiary/aromatic N) is 1. The fourth-order valence-corrected chi connectivity index (χ4v) is 2.51. The lowest BCUT2D eigenvalue weighted by Crippen LogP contribution is -2.38. The van der Waals surface area contributed by atoms with Gasteiger partial charge in [-0.05, 0) is 65.3 Å². The molecule has 0 aromatic heterocycles. The van der Waals surface area contributed by atoms with Gasteiger partial charge in [0.25, 0.3) is 0 Å². The topological polar surface area (TPSA) is 41.6 Å². The van der Waals surface area contributed by atoms with E-state index in [1.54, 1.807) is 4.90 Å². The minimum atomic E-state index is -0.514. The van der Waals surface area contributed by atoms with Crippen molar-refractivity contribution < 1.29 is 9.53 Å². The molecular weight excluding hydrogens is 324 g/mol. The monoisotopic (exact) mass is 354 g/mol. The number of hydrogen-bond donors (Lipinski definition) is 1. The normalized spacial score (nSPS) is 11.1. The molecular formula is C22H30N2O2. The summed E-state index contributed by atoms with van der Waals surface area (Å²) in [5, 5.41) is 3.40. The molecule has 0 aliphatic carbocycles. The molecule has 0 bridgehead atoms.